The number of halogens is 1. The zero-order valence-electron chi connectivity index (χ0n) is 14.5. The van der Waals surface area contributed by atoms with Gasteiger partial charge >= 0.3 is 0 Å². The Morgan fingerprint density at radius 3 is 2.52 bits per heavy atom. The molecule has 1 amide bonds. The summed E-state index contributed by atoms with van der Waals surface area (Å²) < 4.78 is 0. The van der Waals surface area contributed by atoms with Crippen molar-refractivity contribution < 1.29 is 4.79 Å². The quantitative estimate of drug-likeness (QED) is 0.821. The van der Waals surface area contributed by atoms with Gasteiger partial charge < -0.3 is 11.1 Å². The van der Waals surface area contributed by atoms with E-state index >= 15 is 0 Å². The average molecular weight is 359 g/mol. The van der Waals surface area contributed by atoms with E-state index in [0.29, 0.717) is 18.9 Å². The third-order valence-corrected chi connectivity index (χ3v) is 4.94. The summed E-state index contributed by atoms with van der Waals surface area (Å²) in [6, 6.07) is 19.1. The zero-order valence-corrected chi connectivity index (χ0v) is 15.3. The molecule has 0 aliphatic heterocycles. The van der Waals surface area contributed by atoms with Gasteiger partial charge in [0.2, 0.25) is 5.91 Å². The standard InChI is InChI=1S/C21H26N2O.ClH/c22-20-11-5-10-19(20)15-21(24)23-13-12-16-6-4-9-18(14-16)17-7-2-1-3-8-17;/h1-4,6-9,14,19-20H,5,10-13,15,22H2,(H,23,24);1H/t19-,20+;/m0./s1. The highest BCUT2D eigenvalue weighted by Crippen LogP contribution is 2.26. The van der Waals surface area contributed by atoms with E-state index in [9.17, 15) is 4.79 Å². The molecular weight excluding hydrogens is 332 g/mol. The monoisotopic (exact) mass is 358 g/mol. The lowest BCUT2D eigenvalue weighted by atomic mass is 9.99. The van der Waals surface area contributed by atoms with Crippen LogP contribution in [-0.4, -0.2) is 18.5 Å². The number of nitrogens with two attached hydrogens (primary N) is 1. The van der Waals surface area contributed by atoms with Crippen molar-refractivity contribution in [2.75, 3.05) is 6.54 Å². The summed E-state index contributed by atoms with van der Waals surface area (Å²) in [6.45, 7) is 0.680. The van der Waals surface area contributed by atoms with E-state index in [1.807, 2.05) is 6.07 Å². The summed E-state index contributed by atoms with van der Waals surface area (Å²) in [5, 5.41) is 3.04. The van der Waals surface area contributed by atoms with E-state index in [0.717, 1.165) is 25.7 Å². The zero-order chi connectivity index (χ0) is 16.8. The van der Waals surface area contributed by atoms with Crippen molar-refractivity contribution in [2.24, 2.45) is 11.7 Å². The molecular formula is C21H27ClN2O. The fourth-order valence-electron chi connectivity index (χ4n) is 3.51. The maximum Gasteiger partial charge on any atom is 0.220 e. The lowest BCUT2D eigenvalue weighted by Crippen LogP contribution is -2.32. The smallest absolute Gasteiger partial charge is 0.220 e. The third kappa shape index (κ3) is 5.58. The Bertz CT molecular complexity index is 675. The van der Waals surface area contributed by atoms with Gasteiger partial charge in [0.15, 0.2) is 0 Å². The van der Waals surface area contributed by atoms with Crippen molar-refractivity contribution in [3.8, 4) is 11.1 Å². The molecule has 2 atom stereocenters. The van der Waals surface area contributed by atoms with Crippen molar-refractivity contribution in [3.05, 3.63) is 60.2 Å². The van der Waals surface area contributed by atoms with E-state index in [1.54, 1.807) is 0 Å². The van der Waals surface area contributed by atoms with E-state index in [4.69, 9.17) is 5.73 Å². The van der Waals surface area contributed by atoms with Gasteiger partial charge in [-0.25, -0.2) is 0 Å². The summed E-state index contributed by atoms with van der Waals surface area (Å²) in [6.07, 6.45) is 4.73. The molecule has 3 rings (SSSR count). The van der Waals surface area contributed by atoms with Crippen LogP contribution in [0.1, 0.15) is 31.2 Å². The van der Waals surface area contributed by atoms with Crippen LogP contribution in [0.3, 0.4) is 0 Å². The summed E-state index contributed by atoms with van der Waals surface area (Å²) in [5.74, 6) is 0.503. The fraction of sp³-hybridized carbons (Fsp3) is 0.381. The fourth-order valence-corrected chi connectivity index (χ4v) is 3.51. The minimum absolute atomic E-state index is 0. The predicted octanol–water partition coefficient (Wildman–Crippen LogP) is 3.95. The van der Waals surface area contributed by atoms with Crippen LogP contribution in [-0.2, 0) is 11.2 Å². The van der Waals surface area contributed by atoms with Gasteiger partial charge in [-0.1, -0.05) is 61.0 Å². The minimum atomic E-state index is 0. The maximum atomic E-state index is 12.1. The Balaban J connectivity index is 0.00000225. The molecule has 25 heavy (non-hydrogen) atoms. The molecule has 0 radical (unpaired) electrons. The topological polar surface area (TPSA) is 55.1 Å². The first kappa shape index (κ1) is 19.5. The Morgan fingerprint density at radius 2 is 1.80 bits per heavy atom. The summed E-state index contributed by atoms with van der Waals surface area (Å²) >= 11 is 0. The number of rotatable bonds is 6. The highest BCUT2D eigenvalue weighted by molar-refractivity contribution is 5.85. The van der Waals surface area contributed by atoms with Crippen molar-refractivity contribution >= 4 is 18.3 Å². The lowest BCUT2D eigenvalue weighted by Gasteiger charge is -2.14. The summed E-state index contributed by atoms with van der Waals surface area (Å²) in [5.41, 5.74) is 9.72. The van der Waals surface area contributed by atoms with Gasteiger partial charge in [0.1, 0.15) is 0 Å². The Hall–Kier alpha value is -1.84. The van der Waals surface area contributed by atoms with Gasteiger partial charge in [-0.3, -0.25) is 4.79 Å². The normalized spacial score (nSPS) is 19.2. The summed E-state index contributed by atoms with van der Waals surface area (Å²) in [4.78, 5) is 12.1. The Morgan fingerprint density at radius 1 is 1.04 bits per heavy atom. The van der Waals surface area contributed by atoms with Gasteiger partial charge in [-0.2, -0.15) is 0 Å². The molecule has 1 aliphatic carbocycles. The third-order valence-electron chi connectivity index (χ3n) is 4.94. The second-order valence-electron chi connectivity index (χ2n) is 6.73. The highest BCUT2D eigenvalue weighted by Gasteiger charge is 2.25. The first-order valence-corrected chi connectivity index (χ1v) is 8.89. The van der Waals surface area contributed by atoms with Gasteiger partial charge in [0.05, 0.1) is 0 Å². The molecule has 0 saturated heterocycles. The van der Waals surface area contributed by atoms with Crippen LogP contribution in [0.4, 0.5) is 0 Å². The number of benzene rings is 2. The predicted molar refractivity (Wildman–Crippen MR) is 106 cm³/mol. The van der Waals surface area contributed by atoms with Crippen molar-refractivity contribution in [3.63, 3.8) is 0 Å². The van der Waals surface area contributed by atoms with Crippen LogP contribution < -0.4 is 11.1 Å². The van der Waals surface area contributed by atoms with Crippen molar-refractivity contribution in [1.29, 1.82) is 0 Å². The highest BCUT2D eigenvalue weighted by atomic mass is 35.5. The Kier molecular flexibility index (Phi) is 7.48. The minimum Gasteiger partial charge on any atom is -0.356 e. The Labute approximate surface area is 156 Å². The molecule has 0 aromatic heterocycles. The van der Waals surface area contributed by atoms with Crippen LogP contribution in [0.25, 0.3) is 11.1 Å². The number of carbonyl (C=O) groups is 1. The van der Waals surface area contributed by atoms with Crippen molar-refractivity contribution in [1.82, 2.24) is 5.32 Å². The molecule has 3 nitrogen and oxygen atoms in total. The number of hydrogen-bond donors (Lipinski definition) is 2. The first-order valence-electron chi connectivity index (χ1n) is 8.89. The lowest BCUT2D eigenvalue weighted by molar-refractivity contribution is -0.122. The molecule has 0 heterocycles. The SMILES string of the molecule is Cl.N[C@@H]1CCC[C@H]1CC(=O)NCCc1cccc(-c2ccccc2)c1. The molecule has 1 aliphatic rings. The van der Waals surface area contributed by atoms with Gasteiger partial charge in [0.25, 0.3) is 0 Å². The van der Waals surface area contributed by atoms with Crippen LogP contribution >= 0.6 is 12.4 Å². The van der Waals surface area contributed by atoms with Gasteiger partial charge in [-0.05, 0) is 41.9 Å². The first-order chi connectivity index (χ1) is 11.7. The number of hydrogen-bond acceptors (Lipinski definition) is 2. The maximum absolute atomic E-state index is 12.1. The second kappa shape index (κ2) is 9.59. The van der Waals surface area contributed by atoms with E-state index in [1.165, 1.54) is 16.7 Å². The average Bonchev–Trinajstić information content (AvgIpc) is 3.01. The van der Waals surface area contributed by atoms with E-state index in [-0.39, 0.29) is 24.4 Å². The van der Waals surface area contributed by atoms with Crippen LogP contribution in [0.15, 0.2) is 54.6 Å². The number of carbonyl (C=O) groups excluding carboxylic acids is 1. The summed E-state index contributed by atoms with van der Waals surface area (Å²) in [7, 11) is 0. The molecule has 2 aromatic carbocycles. The largest absolute Gasteiger partial charge is 0.356 e. The molecule has 1 saturated carbocycles. The molecule has 1 fully saturated rings. The van der Waals surface area contributed by atoms with Crippen LogP contribution in [0.5, 0.6) is 0 Å². The van der Waals surface area contributed by atoms with Gasteiger partial charge in [0, 0.05) is 19.0 Å². The van der Waals surface area contributed by atoms with Crippen LogP contribution in [0.2, 0.25) is 0 Å². The van der Waals surface area contributed by atoms with Crippen LogP contribution in [0, 0.1) is 5.92 Å². The number of nitrogens with one attached hydrogen (secondary N) is 1. The molecule has 2 aromatic rings. The molecule has 0 unspecified atom stereocenters. The second-order valence-corrected chi connectivity index (χ2v) is 6.73. The van der Waals surface area contributed by atoms with E-state index < -0.39 is 0 Å². The number of amides is 1. The molecule has 3 N–H and O–H groups in total. The molecule has 0 bridgehead atoms. The van der Waals surface area contributed by atoms with Crippen molar-refractivity contribution in [2.45, 2.75) is 38.1 Å². The van der Waals surface area contributed by atoms with Gasteiger partial charge in [-0.15, -0.1) is 12.4 Å². The van der Waals surface area contributed by atoms with E-state index in [2.05, 4.69) is 53.8 Å². The molecule has 4 heteroatoms. The molecule has 0 spiro atoms. The molecule has 134 valence electrons.